The van der Waals surface area contributed by atoms with Gasteiger partial charge in [-0.2, -0.15) is 0 Å². The molecule has 4 rings (SSSR count). The molecular weight excluding hydrogens is 388 g/mol. The fourth-order valence-corrected chi connectivity index (χ4v) is 4.52. The summed E-state index contributed by atoms with van der Waals surface area (Å²) in [6, 6.07) is 15.2. The summed E-state index contributed by atoms with van der Waals surface area (Å²) in [6.45, 7) is 1.55. The molecule has 1 aliphatic rings. The molecule has 1 saturated carbocycles. The van der Waals surface area contributed by atoms with Crippen LogP contribution in [0.3, 0.4) is 0 Å². The molecule has 156 valence electrons. The van der Waals surface area contributed by atoms with E-state index >= 15 is 0 Å². The zero-order chi connectivity index (χ0) is 21.3. The lowest BCUT2D eigenvalue weighted by Crippen LogP contribution is -2.16. The van der Waals surface area contributed by atoms with Crippen molar-refractivity contribution in [1.29, 1.82) is 0 Å². The van der Waals surface area contributed by atoms with Gasteiger partial charge in [-0.25, -0.2) is 17.6 Å². The van der Waals surface area contributed by atoms with Crippen LogP contribution in [0.25, 0.3) is 11.1 Å². The molecule has 3 aromatic rings. The summed E-state index contributed by atoms with van der Waals surface area (Å²) in [5, 5.41) is 0. The van der Waals surface area contributed by atoms with Gasteiger partial charge in [0.05, 0.1) is 0 Å². The Morgan fingerprint density at radius 2 is 1.43 bits per heavy atom. The normalized spacial score (nSPS) is 19.1. The first-order chi connectivity index (χ1) is 14.4. The molecule has 0 saturated heterocycles. The largest absolute Gasteiger partial charge is 0.204 e. The molecule has 1 aliphatic carbocycles. The topological polar surface area (TPSA) is 0 Å². The molecule has 0 aliphatic heterocycles. The van der Waals surface area contributed by atoms with E-state index in [0.29, 0.717) is 34.9 Å². The highest BCUT2D eigenvalue weighted by Gasteiger charge is 2.24. The average Bonchev–Trinajstić information content (AvgIpc) is 2.76. The van der Waals surface area contributed by atoms with Gasteiger partial charge in [0, 0.05) is 5.56 Å². The lowest BCUT2D eigenvalue weighted by Gasteiger charge is -2.29. The Labute approximate surface area is 174 Å². The van der Waals surface area contributed by atoms with Gasteiger partial charge in [0.15, 0.2) is 23.3 Å². The number of rotatable bonds is 4. The molecule has 4 heteroatoms. The molecule has 0 unspecified atom stereocenters. The van der Waals surface area contributed by atoms with Gasteiger partial charge in [0.1, 0.15) is 0 Å². The minimum absolute atomic E-state index is 0.269. The second-order valence-corrected chi connectivity index (χ2v) is 8.31. The summed E-state index contributed by atoms with van der Waals surface area (Å²) in [7, 11) is 0. The van der Waals surface area contributed by atoms with E-state index in [2.05, 4.69) is 0 Å². The molecule has 30 heavy (non-hydrogen) atoms. The summed E-state index contributed by atoms with van der Waals surface area (Å²) in [5.41, 5.74) is 2.86. The Morgan fingerprint density at radius 1 is 0.733 bits per heavy atom. The SMILES string of the molecule is Cc1ccc(-c2ccc(C3CCC(Cc4cccc(F)c4F)CC3)cc2)c(F)c1F. The number of halogens is 4. The molecule has 0 nitrogen and oxygen atoms in total. The standard InChI is InChI=1S/C26H24F4/c1-16-5-14-22(26(30)24(16)28)20-12-10-19(11-13-20)18-8-6-17(7-9-18)15-21-3-2-4-23(27)25(21)29/h2-5,10-14,17-18H,6-9,15H2,1H3. The Bertz CT molecular complexity index is 1030. The van der Waals surface area contributed by atoms with Crippen molar-refractivity contribution in [2.75, 3.05) is 0 Å². The first kappa shape index (κ1) is 20.6. The number of aryl methyl sites for hydroxylation is 1. The van der Waals surface area contributed by atoms with Gasteiger partial charge in [-0.1, -0.05) is 48.5 Å². The minimum atomic E-state index is -0.812. The van der Waals surface area contributed by atoms with Crippen LogP contribution in [0.4, 0.5) is 17.6 Å². The molecule has 0 aromatic heterocycles. The molecule has 0 N–H and O–H groups in total. The second-order valence-electron chi connectivity index (χ2n) is 8.31. The van der Waals surface area contributed by atoms with Gasteiger partial charge < -0.3 is 0 Å². The third-order valence-corrected chi connectivity index (χ3v) is 6.36. The molecule has 0 heterocycles. The van der Waals surface area contributed by atoms with Crippen molar-refractivity contribution in [1.82, 2.24) is 0 Å². The maximum atomic E-state index is 14.3. The summed E-state index contributed by atoms with van der Waals surface area (Å²) >= 11 is 0. The minimum Gasteiger partial charge on any atom is -0.204 e. The van der Waals surface area contributed by atoms with Crippen molar-refractivity contribution in [2.24, 2.45) is 5.92 Å². The fraction of sp³-hybridized carbons (Fsp3) is 0.308. The lowest BCUT2D eigenvalue weighted by molar-refractivity contribution is 0.320. The zero-order valence-corrected chi connectivity index (χ0v) is 16.9. The van der Waals surface area contributed by atoms with Crippen molar-refractivity contribution in [3.05, 3.63) is 94.6 Å². The third kappa shape index (κ3) is 4.14. The third-order valence-electron chi connectivity index (χ3n) is 6.36. The molecule has 3 aromatic carbocycles. The van der Waals surface area contributed by atoms with Gasteiger partial charge >= 0.3 is 0 Å². The van der Waals surface area contributed by atoms with Crippen LogP contribution < -0.4 is 0 Å². The zero-order valence-electron chi connectivity index (χ0n) is 16.9. The Morgan fingerprint density at radius 3 is 2.13 bits per heavy atom. The van der Waals surface area contributed by atoms with E-state index in [1.54, 1.807) is 31.2 Å². The first-order valence-corrected chi connectivity index (χ1v) is 10.4. The first-order valence-electron chi connectivity index (χ1n) is 10.4. The van der Waals surface area contributed by atoms with E-state index in [1.807, 2.05) is 24.3 Å². The van der Waals surface area contributed by atoms with Gasteiger partial charge in [0.25, 0.3) is 0 Å². The number of hydrogen-bond acceptors (Lipinski definition) is 0. The smallest absolute Gasteiger partial charge is 0.166 e. The Balaban J connectivity index is 1.41. The van der Waals surface area contributed by atoms with Crippen LogP contribution in [-0.2, 0) is 6.42 Å². The van der Waals surface area contributed by atoms with Gasteiger partial charge in [-0.05, 0) is 79.2 Å². The molecule has 0 spiro atoms. The highest BCUT2D eigenvalue weighted by Crippen LogP contribution is 2.38. The molecule has 0 atom stereocenters. The summed E-state index contributed by atoms with van der Waals surface area (Å²) < 4.78 is 55.5. The van der Waals surface area contributed by atoms with Crippen LogP contribution in [0.5, 0.6) is 0 Å². The maximum absolute atomic E-state index is 14.3. The highest BCUT2D eigenvalue weighted by molar-refractivity contribution is 5.65. The van der Waals surface area contributed by atoms with E-state index in [9.17, 15) is 17.6 Å². The predicted octanol–water partition coefficient (Wildman–Crippen LogP) is 7.73. The second kappa shape index (κ2) is 8.63. The molecule has 1 fully saturated rings. The van der Waals surface area contributed by atoms with Crippen LogP contribution in [0, 0.1) is 36.1 Å². The van der Waals surface area contributed by atoms with E-state index in [4.69, 9.17) is 0 Å². The van der Waals surface area contributed by atoms with E-state index in [-0.39, 0.29) is 5.56 Å². The van der Waals surface area contributed by atoms with Crippen molar-refractivity contribution in [2.45, 2.75) is 44.9 Å². The monoisotopic (exact) mass is 412 g/mol. The van der Waals surface area contributed by atoms with Crippen molar-refractivity contribution in [3.8, 4) is 11.1 Å². The predicted molar refractivity (Wildman–Crippen MR) is 111 cm³/mol. The lowest BCUT2D eigenvalue weighted by atomic mass is 9.76. The summed E-state index contributed by atoms with van der Waals surface area (Å²) in [4.78, 5) is 0. The van der Waals surface area contributed by atoms with Crippen LogP contribution in [0.1, 0.15) is 48.3 Å². The van der Waals surface area contributed by atoms with Crippen LogP contribution in [0.2, 0.25) is 0 Å². The van der Waals surface area contributed by atoms with Gasteiger partial charge in [-0.3, -0.25) is 0 Å². The van der Waals surface area contributed by atoms with Crippen LogP contribution >= 0.6 is 0 Å². The number of hydrogen-bond donors (Lipinski definition) is 0. The molecule has 0 bridgehead atoms. The summed E-state index contributed by atoms with van der Waals surface area (Å²) in [5.74, 6) is -2.38. The van der Waals surface area contributed by atoms with Crippen molar-refractivity contribution >= 4 is 0 Å². The average molecular weight is 412 g/mol. The molecule has 0 amide bonds. The van der Waals surface area contributed by atoms with Crippen LogP contribution in [0.15, 0.2) is 54.6 Å². The Kier molecular flexibility index (Phi) is 5.94. The number of benzene rings is 3. The fourth-order valence-electron chi connectivity index (χ4n) is 4.52. The van der Waals surface area contributed by atoms with E-state index < -0.39 is 23.3 Å². The van der Waals surface area contributed by atoms with Crippen LogP contribution in [-0.4, -0.2) is 0 Å². The molecular formula is C26H24F4. The van der Waals surface area contributed by atoms with E-state index in [0.717, 1.165) is 31.7 Å². The Hall–Kier alpha value is -2.62. The summed E-state index contributed by atoms with van der Waals surface area (Å²) in [6.07, 6.45) is 4.44. The highest BCUT2D eigenvalue weighted by atomic mass is 19.2. The molecule has 0 radical (unpaired) electrons. The quantitative estimate of drug-likeness (QED) is 0.385. The maximum Gasteiger partial charge on any atom is 0.166 e. The van der Waals surface area contributed by atoms with Crippen molar-refractivity contribution in [3.63, 3.8) is 0 Å². The van der Waals surface area contributed by atoms with Crippen molar-refractivity contribution < 1.29 is 17.6 Å². The van der Waals surface area contributed by atoms with Gasteiger partial charge in [0.2, 0.25) is 0 Å². The van der Waals surface area contributed by atoms with Gasteiger partial charge in [-0.15, -0.1) is 0 Å². The van der Waals surface area contributed by atoms with E-state index in [1.165, 1.54) is 5.56 Å².